The first-order valence-electron chi connectivity index (χ1n) is 15.6. The highest BCUT2D eigenvalue weighted by Crippen LogP contribution is 2.37. The maximum Gasteiger partial charge on any atom is 0.261 e. The molecule has 0 saturated carbocycles. The van der Waals surface area contributed by atoms with Crippen molar-refractivity contribution in [1.82, 2.24) is 24.7 Å². The molecule has 0 spiro atoms. The van der Waals surface area contributed by atoms with Crippen LogP contribution in [-0.2, 0) is 17.6 Å². The first-order chi connectivity index (χ1) is 21.8. The molecule has 2 aromatic carbocycles. The first kappa shape index (κ1) is 32.3. The topological polar surface area (TPSA) is 107 Å². The highest BCUT2D eigenvalue weighted by Gasteiger charge is 2.50. The number of aromatic nitrogens is 5. The number of fused-ring (bicyclic) bond motifs is 1. The molecular weight excluding hydrogens is 581 g/mol. The van der Waals surface area contributed by atoms with Crippen LogP contribution < -0.4 is 20.4 Å². The average Bonchev–Trinajstić information content (AvgIpc) is 3.47. The first-order valence-corrected chi connectivity index (χ1v) is 17.5. The van der Waals surface area contributed by atoms with Crippen LogP contribution in [0.15, 0.2) is 85.3 Å². The molecule has 0 amide bonds. The summed E-state index contributed by atoms with van der Waals surface area (Å²) in [4.78, 5) is 13.7. The van der Waals surface area contributed by atoms with Gasteiger partial charge in [0, 0.05) is 12.6 Å². The van der Waals surface area contributed by atoms with Gasteiger partial charge in [0.15, 0.2) is 5.82 Å². The van der Waals surface area contributed by atoms with Gasteiger partial charge in [0.05, 0.1) is 32.2 Å². The Morgan fingerprint density at radius 2 is 1.62 bits per heavy atom. The maximum absolute atomic E-state index is 9.65. The van der Waals surface area contributed by atoms with Crippen molar-refractivity contribution < 1.29 is 14.3 Å². The van der Waals surface area contributed by atoms with E-state index >= 15 is 0 Å². The van der Waals surface area contributed by atoms with Gasteiger partial charge in [-0.25, -0.2) is 15.0 Å². The summed E-state index contributed by atoms with van der Waals surface area (Å²) >= 11 is 0. The number of aliphatic hydroxyl groups is 1. The van der Waals surface area contributed by atoms with Crippen LogP contribution in [0.4, 0.5) is 5.82 Å². The minimum absolute atomic E-state index is 0.0862. The van der Waals surface area contributed by atoms with Gasteiger partial charge in [0.25, 0.3) is 8.32 Å². The van der Waals surface area contributed by atoms with Crippen molar-refractivity contribution in [1.29, 1.82) is 0 Å². The molecule has 10 heteroatoms. The molecule has 0 fully saturated rings. The molecule has 0 aliphatic heterocycles. The van der Waals surface area contributed by atoms with E-state index in [1.54, 1.807) is 25.7 Å². The number of pyridine rings is 1. The number of rotatable bonds is 14. The molecule has 3 aromatic heterocycles. The Morgan fingerprint density at radius 3 is 2.22 bits per heavy atom. The Hall–Kier alpha value is -4.12. The molecule has 1 atom stereocenters. The Kier molecular flexibility index (Phi) is 10.3. The molecule has 0 bridgehead atoms. The molecule has 0 aliphatic carbocycles. The van der Waals surface area contributed by atoms with Gasteiger partial charge >= 0.3 is 0 Å². The van der Waals surface area contributed by atoms with Crippen molar-refractivity contribution in [2.75, 3.05) is 19.0 Å². The number of hydrogen-bond acceptors (Lipinski definition) is 8. The van der Waals surface area contributed by atoms with Gasteiger partial charge in [-0.1, -0.05) is 94.8 Å². The lowest BCUT2D eigenvalue weighted by molar-refractivity contribution is 0.276. The van der Waals surface area contributed by atoms with Crippen molar-refractivity contribution in [2.45, 2.75) is 71.2 Å². The van der Waals surface area contributed by atoms with Gasteiger partial charge in [-0.2, -0.15) is 5.10 Å². The molecule has 2 N–H and O–H groups in total. The van der Waals surface area contributed by atoms with E-state index in [-0.39, 0.29) is 17.7 Å². The number of nitrogens with zero attached hydrogens (tertiary/aromatic N) is 5. The van der Waals surface area contributed by atoms with Crippen molar-refractivity contribution >= 4 is 35.5 Å². The van der Waals surface area contributed by atoms with Crippen molar-refractivity contribution in [3.05, 3.63) is 96.7 Å². The van der Waals surface area contributed by atoms with E-state index in [4.69, 9.17) is 9.16 Å². The third-order valence-electron chi connectivity index (χ3n) is 8.28. The summed E-state index contributed by atoms with van der Waals surface area (Å²) in [6.07, 6.45) is 6.10. The zero-order valence-corrected chi connectivity index (χ0v) is 27.9. The van der Waals surface area contributed by atoms with Crippen molar-refractivity contribution in [3.8, 4) is 5.75 Å². The van der Waals surface area contributed by atoms with Gasteiger partial charge in [0.1, 0.15) is 28.8 Å². The molecule has 9 nitrogen and oxygen atoms in total. The molecular formula is C35H44N6O3Si. The second-order valence-electron chi connectivity index (χ2n) is 12.3. The SMILES string of the molecule is CCC[C@@H](CCO[Si](c1ccccc1)(c1ccccc1)C(C)(C)C)Nc1ncnc2cnn(Cc3nc(CO)ccc3OC)c12. The van der Waals surface area contributed by atoms with Gasteiger partial charge in [0.2, 0.25) is 0 Å². The van der Waals surface area contributed by atoms with E-state index in [9.17, 15) is 5.11 Å². The van der Waals surface area contributed by atoms with Crippen LogP contribution in [0, 0.1) is 0 Å². The van der Waals surface area contributed by atoms with Gasteiger partial charge in [-0.3, -0.25) is 4.68 Å². The monoisotopic (exact) mass is 624 g/mol. The van der Waals surface area contributed by atoms with Crippen LogP contribution in [0.1, 0.15) is 58.3 Å². The van der Waals surface area contributed by atoms with Gasteiger partial charge in [-0.15, -0.1) is 0 Å². The smallest absolute Gasteiger partial charge is 0.261 e. The van der Waals surface area contributed by atoms with Crippen LogP contribution >= 0.6 is 0 Å². The predicted octanol–water partition coefficient (Wildman–Crippen LogP) is 5.32. The molecule has 0 aliphatic rings. The molecule has 5 aromatic rings. The maximum atomic E-state index is 9.65. The van der Waals surface area contributed by atoms with E-state index in [1.807, 2.05) is 10.7 Å². The fraction of sp³-hybridized carbons (Fsp3) is 0.371. The third-order valence-corrected chi connectivity index (χ3v) is 13.3. The Balaban J connectivity index is 1.42. The largest absolute Gasteiger partial charge is 0.495 e. The Labute approximate surface area is 266 Å². The van der Waals surface area contributed by atoms with E-state index in [1.165, 1.54) is 10.4 Å². The quantitative estimate of drug-likeness (QED) is 0.160. The minimum atomic E-state index is -2.64. The highest BCUT2D eigenvalue weighted by atomic mass is 28.4. The summed E-state index contributed by atoms with van der Waals surface area (Å²) in [5.41, 5.74) is 2.78. The van der Waals surface area contributed by atoms with Crippen LogP contribution in [0.3, 0.4) is 0 Å². The van der Waals surface area contributed by atoms with Gasteiger partial charge in [-0.05, 0) is 40.4 Å². The number of ether oxygens (including phenoxy) is 1. The number of hydrogen-bond donors (Lipinski definition) is 2. The fourth-order valence-electron chi connectivity index (χ4n) is 6.16. The van der Waals surface area contributed by atoms with Crippen molar-refractivity contribution in [2.24, 2.45) is 0 Å². The normalized spacial score (nSPS) is 12.8. The number of nitrogens with one attached hydrogen (secondary N) is 1. The zero-order valence-electron chi connectivity index (χ0n) is 26.9. The molecule has 45 heavy (non-hydrogen) atoms. The Morgan fingerprint density at radius 1 is 0.933 bits per heavy atom. The summed E-state index contributed by atoms with van der Waals surface area (Å²) in [7, 11) is -1.03. The number of benzene rings is 2. The lowest BCUT2D eigenvalue weighted by atomic mass is 10.1. The summed E-state index contributed by atoms with van der Waals surface area (Å²) in [5, 5.41) is 20.5. The summed E-state index contributed by atoms with van der Waals surface area (Å²) in [6.45, 7) is 9.91. The second kappa shape index (κ2) is 14.3. The number of aliphatic hydroxyl groups excluding tert-OH is 1. The fourth-order valence-corrected chi connectivity index (χ4v) is 10.7. The van der Waals surface area contributed by atoms with Crippen molar-refractivity contribution in [3.63, 3.8) is 0 Å². The van der Waals surface area contributed by atoms with Gasteiger partial charge < -0.3 is 19.6 Å². The summed E-state index contributed by atoms with van der Waals surface area (Å²) in [6, 6.07) is 25.2. The van der Waals surface area contributed by atoms with Crippen LogP contribution in [0.2, 0.25) is 5.04 Å². The standard InChI is InChI=1S/C35H44N6O3Si/c1-6-13-26(20-21-44-45(35(2,3)4,28-14-9-7-10-15-28)29-16-11-8-12-17-29)40-34-33-30(36-25-37-34)22-38-41(33)23-31-32(43-5)19-18-27(24-42)39-31/h7-12,14-19,22,25-26,42H,6,13,20-21,23-24H2,1-5H3,(H,36,37,40)/t26-/m0/s1. The molecule has 0 radical (unpaired) electrons. The average molecular weight is 625 g/mol. The van der Waals surface area contributed by atoms with Crippen LogP contribution in [0.25, 0.3) is 11.0 Å². The van der Waals surface area contributed by atoms with Crippen LogP contribution in [0.5, 0.6) is 5.75 Å². The summed E-state index contributed by atoms with van der Waals surface area (Å²) in [5.74, 6) is 1.35. The number of anilines is 1. The lowest BCUT2D eigenvalue weighted by Gasteiger charge is -2.43. The lowest BCUT2D eigenvalue weighted by Crippen LogP contribution is -2.66. The molecule has 5 rings (SSSR count). The molecule has 0 saturated heterocycles. The second-order valence-corrected chi connectivity index (χ2v) is 16.6. The summed E-state index contributed by atoms with van der Waals surface area (Å²) < 4.78 is 14.6. The minimum Gasteiger partial charge on any atom is -0.495 e. The van der Waals surface area contributed by atoms with Crippen LogP contribution in [-0.4, -0.2) is 57.9 Å². The van der Waals surface area contributed by atoms with E-state index < -0.39 is 8.32 Å². The molecule has 236 valence electrons. The predicted molar refractivity (Wildman–Crippen MR) is 182 cm³/mol. The zero-order chi connectivity index (χ0) is 31.9. The number of methoxy groups -OCH3 is 1. The molecule has 0 unspecified atom stereocenters. The highest BCUT2D eigenvalue weighted by molar-refractivity contribution is 6.99. The van der Waals surface area contributed by atoms with E-state index in [0.29, 0.717) is 30.3 Å². The van der Waals surface area contributed by atoms with E-state index in [0.717, 1.165) is 36.1 Å². The van der Waals surface area contributed by atoms with E-state index in [2.05, 4.69) is 114 Å². The molecule has 3 heterocycles. The Bertz CT molecular complexity index is 1630. The third kappa shape index (κ3) is 6.93.